The summed E-state index contributed by atoms with van der Waals surface area (Å²) in [4.78, 5) is 0.319. The Morgan fingerprint density at radius 3 is 2.35 bits per heavy atom. The second kappa shape index (κ2) is 5.18. The lowest BCUT2D eigenvalue weighted by Gasteiger charge is -2.12. The Balaban J connectivity index is 3.20. The maximum atomic E-state index is 12.2. The first-order valence-corrected chi connectivity index (χ1v) is 7.38. The molecule has 0 saturated carbocycles. The van der Waals surface area contributed by atoms with Gasteiger partial charge in [-0.05, 0) is 34.1 Å². The summed E-state index contributed by atoms with van der Waals surface area (Å²) in [6.45, 7) is 9.93. The zero-order valence-electron chi connectivity index (χ0n) is 11.1. The fourth-order valence-corrected chi connectivity index (χ4v) is 3.52. The van der Waals surface area contributed by atoms with Crippen LogP contribution < -0.4 is 4.72 Å². The number of sulfonamides is 1. The van der Waals surface area contributed by atoms with Gasteiger partial charge in [0.15, 0.2) is 0 Å². The number of nitrogens with zero attached hydrogens (tertiary/aromatic N) is 2. The first kappa shape index (κ1) is 14.2. The summed E-state index contributed by atoms with van der Waals surface area (Å²) in [6, 6.07) is -0.0659. The molecule has 0 radical (unpaired) electrons. The van der Waals surface area contributed by atoms with E-state index in [2.05, 4.69) is 9.82 Å². The van der Waals surface area contributed by atoms with Crippen molar-refractivity contribution in [1.29, 1.82) is 0 Å². The minimum atomic E-state index is -3.46. The molecule has 0 aliphatic carbocycles. The van der Waals surface area contributed by atoms with Crippen molar-refractivity contribution in [2.24, 2.45) is 0 Å². The van der Waals surface area contributed by atoms with E-state index >= 15 is 0 Å². The lowest BCUT2D eigenvalue weighted by molar-refractivity contribution is 0.554. The number of aryl methyl sites for hydroxylation is 2. The average Bonchev–Trinajstić information content (AvgIpc) is 2.53. The van der Waals surface area contributed by atoms with E-state index in [9.17, 15) is 8.42 Å². The largest absolute Gasteiger partial charge is 0.268 e. The van der Waals surface area contributed by atoms with Gasteiger partial charge >= 0.3 is 0 Å². The minimum Gasteiger partial charge on any atom is -0.268 e. The minimum absolute atomic E-state index is 0.0659. The lowest BCUT2D eigenvalue weighted by Crippen LogP contribution is -2.32. The highest BCUT2D eigenvalue weighted by atomic mass is 32.2. The summed E-state index contributed by atoms with van der Waals surface area (Å²) in [6.07, 6.45) is 0.763. The summed E-state index contributed by atoms with van der Waals surface area (Å²) in [7, 11) is -3.46. The van der Waals surface area contributed by atoms with E-state index in [0.717, 1.165) is 6.42 Å². The summed E-state index contributed by atoms with van der Waals surface area (Å²) in [5, 5.41) is 4.23. The van der Waals surface area contributed by atoms with Crippen LogP contribution in [0.1, 0.15) is 38.6 Å². The van der Waals surface area contributed by atoms with Crippen molar-refractivity contribution in [3.63, 3.8) is 0 Å². The fourth-order valence-electron chi connectivity index (χ4n) is 1.78. The Bertz CT molecular complexity index is 491. The molecule has 0 aromatic carbocycles. The second-order valence-electron chi connectivity index (χ2n) is 4.25. The molecule has 0 aliphatic heterocycles. The first-order chi connectivity index (χ1) is 7.83. The molecule has 98 valence electrons. The summed E-state index contributed by atoms with van der Waals surface area (Å²) < 4.78 is 28.8. The van der Waals surface area contributed by atoms with Gasteiger partial charge in [0.05, 0.1) is 11.4 Å². The third-order valence-corrected chi connectivity index (χ3v) is 4.69. The van der Waals surface area contributed by atoms with Crippen molar-refractivity contribution in [2.45, 2.75) is 58.5 Å². The zero-order valence-corrected chi connectivity index (χ0v) is 11.9. The topological polar surface area (TPSA) is 64.0 Å². The molecule has 17 heavy (non-hydrogen) atoms. The van der Waals surface area contributed by atoms with Gasteiger partial charge in [-0.15, -0.1) is 0 Å². The quantitative estimate of drug-likeness (QED) is 0.873. The Hall–Kier alpha value is -0.880. The average molecular weight is 259 g/mol. The van der Waals surface area contributed by atoms with Crippen LogP contribution in [0.5, 0.6) is 0 Å². The highest BCUT2D eigenvalue weighted by Crippen LogP contribution is 2.19. The molecule has 1 aromatic rings. The molecule has 5 nitrogen and oxygen atoms in total. The van der Waals surface area contributed by atoms with Crippen LogP contribution in [0.3, 0.4) is 0 Å². The molecule has 0 spiro atoms. The number of hydrogen-bond acceptors (Lipinski definition) is 3. The third-order valence-electron chi connectivity index (χ3n) is 2.85. The molecule has 1 atom stereocenters. The smallest absolute Gasteiger partial charge is 0.244 e. The van der Waals surface area contributed by atoms with Crippen LogP contribution in [0, 0.1) is 13.8 Å². The van der Waals surface area contributed by atoms with Gasteiger partial charge in [0.1, 0.15) is 4.90 Å². The molecule has 1 rings (SSSR count). The Morgan fingerprint density at radius 1 is 1.35 bits per heavy atom. The van der Waals surface area contributed by atoms with E-state index in [1.165, 1.54) is 0 Å². The molecule has 0 unspecified atom stereocenters. The standard InChI is InChI=1S/C11H21N3O2S/c1-6-8(3)13-17(15,16)11-9(4)12-14(7-2)10(11)5/h8,13H,6-7H2,1-5H3/t8-/m1/s1. The number of hydrogen-bond donors (Lipinski definition) is 1. The van der Waals surface area contributed by atoms with Gasteiger partial charge in [0.2, 0.25) is 10.0 Å². The van der Waals surface area contributed by atoms with Crippen LogP contribution in [0.15, 0.2) is 4.90 Å². The van der Waals surface area contributed by atoms with E-state index in [1.54, 1.807) is 18.5 Å². The summed E-state index contributed by atoms with van der Waals surface area (Å²) in [5.41, 5.74) is 1.25. The van der Waals surface area contributed by atoms with Crippen LogP contribution >= 0.6 is 0 Å². The van der Waals surface area contributed by atoms with E-state index in [-0.39, 0.29) is 6.04 Å². The number of nitrogens with one attached hydrogen (secondary N) is 1. The van der Waals surface area contributed by atoms with E-state index in [1.807, 2.05) is 20.8 Å². The maximum Gasteiger partial charge on any atom is 0.244 e. The highest BCUT2D eigenvalue weighted by Gasteiger charge is 2.25. The zero-order chi connectivity index (χ0) is 13.2. The fraction of sp³-hybridized carbons (Fsp3) is 0.727. The maximum absolute atomic E-state index is 12.2. The highest BCUT2D eigenvalue weighted by molar-refractivity contribution is 7.89. The molecule has 1 aromatic heterocycles. The van der Waals surface area contributed by atoms with Crippen molar-refractivity contribution in [3.05, 3.63) is 11.4 Å². The summed E-state index contributed by atoms with van der Waals surface area (Å²) in [5.74, 6) is 0. The molecule has 1 N–H and O–H groups in total. The Morgan fingerprint density at radius 2 is 1.94 bits per heavy atom. The lowest BCUT2D eigenvalue weighted by atomic mass is 10.3. The first-order valence-electron chi connectivity index (χ1n) is 5.89. The van der Waals surface area contributed by atoms with Gasteiger partial charge in [-0.25, -0.2) is 13.1 Å². The Kier molecular flexibility index (Phi) is 4.32. The molecule has 1 heterocycles. The van der Waals surface area contributed by atoms with Crippen LogP contribution in [-0.2, 0) is 16.6 Å². The van der Waals surface area contributed by atoms with Gasteiger partial charge in [-0.1, -0.05) is 6.92 Å². The van der Waals surface area contributed by atoms with E-state index in [0.29, 0.717) is 22.8 Å². The van der Waals surface area contributed by atoms with Gasteiger partial charge in [-0.3, -0.25) is 4.68 Å². The van der Waals surface area contributed by atoms with Crippen molar-refractivity contribution >= 4 is 10.0 Å². The molecule has 0 aliphatic rings. The Labute approximate surface area is 103 Å². The van der Waals surface area contributed by atoms with Crippen LogP contribution in [-0.4, -0.2) is 24.2 Å². The molecule has 0 saturated heterocycles. The SMILES string of the molecule is CC[C@@H](C)NS(=O)(=O)c1c(C)nn(CC)c1C. The number of rotatable bonds is 5. The predicted molar refractivity (Wildman–Crippen MR) is 67.4 cm³/mol. The van der Waals surface area contributed by atoms with Crippen molar-refractivity contribution in [1.82, 2.24) is 14.5 Å². The molecular formula is C11H21N3O2S. The monoisotopic (exact) mass is 259 g/mol. The molecular weight excluding hydrogens is 238 g/mol. The van der Waals surface area contributed by atoms with Gasteiger partial charge in [-0.2, -0.15) is 5.10 Å². The molecule has 0 bridgehead atoms. The van der Waals surface area contributed by atoms with Crippen LogP contribution in [0.4, 0.5) is 0 Å². The third kappa shape index (κ3) is 2.87. The van der Waals surface area contributed by atoms with Crippen molar-refractivity contribution < 1.29 is 8.42 Å². The van der Waals surface area contributed by atoms with Crippen molar-refractivity contribution in [2.75, 3.05) is 0 Å². The molecule has 0 amide bonds. The normalized spacial score (nSPS) is 13.9. The van der Waals surface area contributed by atoms with E-state index in [4.69, 9.17) is 0 Å². The van der Waals surface area contributed by atoms with Gasteiger partial charge in [0.25, 0.3) is 0 Å². The van der Waals surface area contributed by atoms with E-state index < -0.39 is 10.0 Å². The molecule has 6 heteroatoms. The van der Waals surface area contributed by atoms with Crippen LogP contribution in [0.25, 0.3) is 0 Å². The summed E-state index contributed by atoms with van der Waals surface area (Å²) >= 11 is 0. The van der Waals surface area contributed by atoms with Gasteiger partial charge < -0.3 is 0 Å². The van der Waals surface area contributed by atoms with Crippen molar-refractivity contribution in [3.8, 4) is 0 Å². The second-order valence-corrected chi connectivity index (χ2v) is 5.90. The predicted octanol–water partition coefficient (Wildman–Crippen LogP) is 1.60. The van der Waals surface area contributed by atoms with Gasteiger partial charge in [0, 0.05) is 12.6 Å². The van der Waals surface area contributed by atoms with Crippen LogP contribution in [0.2, 0.25) is 0 Å². The molecule has 0 fully saturated rings. The number of aromatic nitrogens is 2.